The molecule has 0 aliphatic heterocycles. The highest BCUT2D eigenvalue weighted by atomic mass is 16.3. The van der Waals surface area contributed by atoms with E-state index in [0.29, 0.717) is 17.9 Å². The van der Waals surface area contributed by atoms with Crippen molar-refractivity contribution < 1.29 is 5.11 Å². The number of nitriles is 1. The summed E-state index contributed by atoms with van der Waals surface area (Å²) < 4.78 is 0. The Labute approximate surface area is 107 Å². The lowest BCUT2D eigenvalue weighted by atomic mass is 9.80. The average Bonchev–Trinajstić information content (AvgIpc) is 2.79. The van der Waals surface area contributed by atoms with Crippen molar-refractivity contribution in [3.63, 3.8) is 0 Å². The summed E-state index contributed by atoms with van der Waals surface area (Å²) in [6.07, 6.45) is 5.92. The zero-order valence-electron chi connectivity index (χ0n) is 10.4. The largest absolute Gasteiger partial charge is 0.388 e. The Bertz CT molecular complexity index is 515. The summed E-state index contributed by atoms with van der Waals surface area (Å²) >= 11 is 0. The van der Waals surface area contributed by atoms with Gasteiger partial charge in [-0.05, 0) is 50.2 Å². The molecule has 1 saturated carbocycles. The molecule has 0 radical (unpaired) electrons. The zero-order chi connectivity index (χ0) is 12.6. The molecule has 0 unspecified atom stereocenters. The van der Waals surface area contributed by atoms with Crippen molar-refractivity contribution in [2.75, 3.05) is 11.9 Å². The predicted octanol–water partition coefficient (Wildman–Crippen LogP) is 1.77. The number of aryl methyl sites for hydroxylation is 2. The van der Waals surface area contributed by atoms with Crippen LogP contribution in [0.5, 0.6) is 0 Å². The van der Waals surface area contributed by atoms with E-state index in [0.717, 1.165) is 44.2 Å². The molecule has 94 valence electrons. The van der Waals surface area contributed by atoms with Gasteiger partial charge in [0.05, 0.1) is 11.2 Å². The van der Waals surface area contributed by atoms with Crippen LogP contribution in [0.2, 0.25) is 0 Å². The molecule has 4 nitrogen and oxygen atoms in total. The van der Waals surface area contributed by atoms with Crippen LogP contribution in [0.15, 0.2) is 6.07 Å². The van der Waals surface area contributed by atoms with Crippen LogP contribution in [0.3, 0.4) is 0 Å². The molecule has 0 aromatic carbocycles. The second-order valence-corrected chi connectivity index (χ2v) is 5.39. The Morgan fingerprint density at radius 1 is 1.39 bits per heavy atom. The van der Waals surface area contributed by atoms with E-state index < -0.39 is 5.60 Å². The highest BCUT2D eigenvalue weighted by Gasteiger charge is 2.34. The van der Waals surface area contributed by atoms with Crippen molar-refractivity contribution in [3.8, 4) is 6.07 Å². The van der Waals surface area contributed by atoms with E-state index in [9.17, 15) is 5.11 Å². The van der Waals surface area contributed by atoms with Gasteiger partial charge in [-0.25, -0.2) is 4.98 Å². The van der Waals surface area contributed by atoms with Gasteiger partial charge in [0, 0.05) is 12.2 Å². The Kier molecular flexibility index (Phi) is 2.71. The SMILES string of the molecule is N#Cc1cc2c(nc1NCC1(O)CCC1)CCC2. The van der Waals surface area contributed by atoms with Crippen molar-refractivity contribution in [1.82, 2.24) is 4.98 Å². The first-order valence-corrected chi connectivity index (χ1v) is 6.59. The van der Waals surface area contributed by atoms with E-state index in [1.165, 1.54) is 5.56 Å². The lowest BCUT2D eigenvalue weighted by Crippen LogP contribution is -2.43. The van der Waals surface area contributed by atoms with Crippen LogP contribution in [-0.4, -0.2) is 22.2 Å². The van der Waals surface area contributed by atoms with Gasteiger partial charge in [-0.3, -0.25) is 0 Å². The van der Waals surface area contributed by atoms with Gasteiger partial charge in [-0.1, -0.05) is 0 Å². The second kappa shape index (κ2) is 4.25. The molecule has 1 heterocycles. The fourth-order valence-electron chi connectivity index (χ4n) is 2.70. The van der Waals surface area contributed by atoms with Crippen LogP contribution in [0.4, 0.5) is 5.82 Å². The molecule has 0 bridgehead atoms. The summed E-state index contributed by atoms with van der Waals surface area (Å²) in [6, 6.07) is 4.14. The molecule has 0 saturated heterocycles. The van der Waals surface area contributed by atoms with Gasteiger partial charge < -0.3 is 10.4 Å². The molecule has 1 aromatic rings. The highest BCUT2D eigenvalue weighted by molar-refractivity contribution is 5.55. The van der Waals surface area contributed by atoms with E-state index >= 15 is 0 Å². The minimum atomic E-state index is -0.590. The number of pyridine rings is 1. The summed E-state index contributed by atoms with van der Waals surface area (Å²) in [6.45, 7) is 0.494. The van der Waals surface area contributed by atoms with Crippen molar-refractivity contribution in [2.24, 2.45) is 0 Å². The smallest absolute Gasteiger partial charge is 0.144 e. The minimum Gasteiger partial charge on any atom is -0.388 e. The average molecular weight is 243 g/mol. The maximum absolute atomic E-state index is 10.1. The van der Waals surface area contributed by atoms with Crippen LogP contribution in [0.1, 0.15) is 42.5 Å². The summed E-state index contributed by atoms with van der Waals surface area (Å²) in [5.74, 6) is 0.637. The third kappa shape index (κ3) is 1.95. The molecule has 0 amide bonds. The van der Waals surface area contributed by atoms with Crippen LogP contribution < -0.4 is 5.32 Å². The summed E-state index contributed by atoms with van der Waals surface area (Å²) in [5.41, 5.74) is 2.32. The van der Waals surface area contributed by atoms with Gasteiger partial charge in [-0.15, -0.1) is 0 Å². The van der Waals surface area contributed by atoms with Gasteiger partial charge in [0.1, 0.15) is 11.9 Å². The first-order valence-electron chi connectivity index (χ1n) is 6.59. The Hall–Kier alpha value is -1.60. The molecular formula is C14H17N3O. The van der Waals surface area contributed by atoms with Crippen LogP contribution >= 0.6 is 0 Å². The number of anilines is 1. The number of rotatable bonds is 3. The van der Waals surface area contributed by atoms with Crippen molar-refractivity contribution in [1.29, 1.82) is 5.26 Å². The highest BCUT2D eigenvalue weighted by Crippen LogP contribution is 2.32. The normalized spacial score (nSPS) is 19.8. The monoisotopic (exact) mass is 243 g/mol. The minimum absolute atomic E-state index is 0.494. The topological polar surface area (TPSA) is 68.9 Å². The summed E-state index contributed by atoms with van der Waals surface area (Å²) in [5, 5.41) is 22.4. The standard InChI is InChI=1S/C14H17N3O/c15-8-11-7-10-3-1-4-12(10)17-13(11)16-9-14(18)5-2-6-14/h7,18H,1-6,9H2,(H,16,17). The Morgan fingerprint density at radius 2 is 2.22 bits per heavy atom. The lowest BCUT2D eigenvalue weighted by Gasteiger charge is -2.36. The number of aromatic nitrogens is 1. The molecule has 0 spiro atoms. The van der Waals surface area contributed by atoms with E-state index in [1.54, 1.807) is 0 Å². The van der Waals surface area contributed by atoms with Crippen LogP contribution in [-0.2, 0) is 12.8 Å². The fourth-order valence-corrected chi connectivity index (χ4v) is 2.70. The molecule has 1 fully saturated rings. The van der Waals surface area contributed by atoms with Gasteiger partial charge in [0.15, 0.2) is 0 Å². The molecule has 1 aromatic heterocycles. The first-order chi connectivity index (χ1) is 8.70. The quantitative estimate of drug-likeness (QED) is 0.849. The van der Waals surface area contributed by atoms with E-state index in [2.05, 4.69) is 16.4 Å². The van der Waals surface area contributed by atoms with Gasteiger partial charge in [0.25, 0.3) is 0 Å². The maximum Gasteiger partial charge on any atom is 0.144 e. The molecule has 2 aliphatic rings. The first kappa shape index (κ1) is 11.5. The third-order valence-corrected chi connectivity index (χ3v) is 4.04. The van der Waals surface area contributed by atoms with Gasteiger partial charge >= 0.3 is 0 Å². The van der Waals surface area contributed by atoms with E-state index in [4.69, 9.17) is 5.26 Å². The fraction of sp³-hybridized carbons (Fsp3) is 0.571. The van der Waals surface area contributed by atoms with Crippen LogP contribution in [0, 0.1) is 11.3 Å². The number of fused-ring (bicyclic) bond motifs is 1. The molecular weight excluding hydrogens is 226 g/mol. The zero-order valence-corrected chi connectivity index (χ0v) is 10.4. The van der Waals surface area contributed by atoms with E-state index in [-0.39, 0.29) is 0 Å². The molecule has 3 rings (SSSR count). The summed E-state index contributed by atoms with van der Waals surface area (Å²) in [7, 11) is 0. The van der Waals surface area contributed by atoms with Gasteiger partial charge in [0.2, 0.25) is 0 Å². The molecule has 4 heteroatoms. The van der Waals surface area contributed by atoms with Crippen molar-refractivity contribution >= 4 is 5.82 Å². The Morgan fingerprint density at radius 3 is 2.89 bits per heavy atom. The molecule has 2 aliphatic carbocycles. The van der Waals surface area contributed by atoms with E-state index in [1.807, 2.05) is 6.07 Å². The number of nitrogens with one attached hydrogen (secondary N) is 1. The maximum atomic E-state index is 10.1. The number of aliphatic hydroxyl groups is 1. The second-order valence-electron chi connectivity index (χ2n) is 5.39. The third-order valence-electron chi connectivity index (χ3n) is 4.04. The van der Waals surface area contributed by atoms with Crippen molar-refractivity contribution in [2.45, 2.75) is 44.1 Å². The lowest BCUT2D eigenvalue weighted by molar-refractivity contribution is -0.0202. The summed E-state index contributed by atoms with van der Waals surface area (Å²) in [4.78, 5) is 4.54. The molecule has 18 heavy (non-hydrogen) atoms. The Balaban J connectivity index is 1.80. The predicted molar refractivity (Wildman–Crippen MR) is 68.3 cm³/mol. The van der Waals surface area contributed by atoms with Crippen molar-refractivity contribution in [3.05, 3.63) is 22.9 Å². The number of hydrogen-bond acceptors (Lipinski definition) is 4. The molecule has 2 N–H and O–H groups in total. The van der Waals surface area contributed by atoms with Gasteiger partial charge in [-0.2, -0.15) is 5.26 Å². The number of hydrogen-bond donors (Lipinski definition) is 2. The number of nitrogens with zero attached hydrogens (tertiary/aromatic N) is 2. The molecule has 0 atom stereocenters. The van der Waals surface area contributed by atoms with Crippen LogP contribution in [0.25, 0.3) is 0 Å².